The molecule has 8 heteroatoms. The van der Waals surface area contributed by atoms with Crippen LogP contribution in [-0.4, -0.2) is 25.4 Å². The van der Waals surface area contributed by atoms with Crippen LogP contribution in [0.25, 0.3) is 0 Å². The molecule has 0 saturated carbocycles. The van der Waals surface area contributed by atoms with Crippen LogP contribution in [0.4, 0.5) is 0 Å². The van der Waals surface area contributed by atoms with Gasteiger partial charge in [-0.2, -0.15) is 4.72 Å². The van der Waals surface area contributed by atoms with Gasteiger partial charge in [-0.1, -0.05) is 11.6 Å². The Kier molecular flexibility index (Phi) is 5.70. The third-order valence-electron chi connectivity index (χ3n) is 3.07. The molecule has 1 heterocycles. The van der Waals surface area contributed by atoms with Crippen LogP contribution in [0.15, 0.2) is 53.7 Å². The molecule has 122 valence electrons. The molecular formula is C15H16ClN3O3S. The van der Waals surface area contributed by atoms with E-state index in [1.165, 1.54) is 31.2 Å². The fourth-order valence-corrected chi connectivity index (χ4v) is 3.14. The number of nitrogens with one attached hydrogen (secondary N) is 2. The van der Waals surface area contributed by atoms with E-state index in [4.69, 9.17) is 11.6 Å². The van der Waals surface area contributed by atoms with Crippen LogP contribution in [0.1, 0.15) is 12.5 Å². The smallest absolute Gasteiger partial charge is 0.241 e. The number of rotatable bonds is 6. The number of halogens is 1. The number of pyridine rings is 1. The number of carbonyl (C=O) groups excluding carboxylic acids is 1. The van der Waals surface area contributed by atoms with Gasteiger partial charge in [0.1, 0.15) is 0 Å². The SMILES string of the molecule is C[C@@H](NS(=O)(=O)c1ccc(Cl)cc1)C(=O)NCc1ccncc1. The number of hydrogen-bond acceptors (Lipinski definition) is 4. The predicted octanol–water partition coefficient (Wildman–Crippen LogP) is 1.72. The summed E-state index contributed by atoms with van der Waals surface area (Å²) < 4.78 is 26.7. The summed E-state index contributed by atoms with van der Waals surface area (Å²) in [5.41, 5.74) is 0.876. The molecule has 0 aliphatic rings. The summed E-state index contributed by atoms with van der Waals surface area (Å²) in [4.78, 5) is 15.9. The van der Waals surface area contributed by atoms with E-state index in [9.17, 15) is 13.2 Å². The van der Waals surface area contributed by atoms with Gasteiger partial charge in [-0.15, -0.1) is 0 Å². The molecule has 2 rings (SSSR count). The molecule has 2 N–H and O–H groups in total. The van der Waals surface area contributed by atoms with Gasteiger partial charge in [0, 0.05) is 24.0 Å². The molecule has 0 bridgehead atoms. The van der Waals surface area contributed by atoms with Crippen molar-refractivity contribution in [2.45, 2.75) is 24.4 Å². The Hall–Kier alpha value is -1.96. The highest BCUT2D eigenvalue weighted by molar-refractivity contribution is 7.89. The van der Waals surface area contributed by atoms with Crippen molar-refractivity contribution in [3.05, 3.63) is 59.4 Å². The first kappa shape index (κ1) is 17.4. The Morgan fingerprint density at radius 2 is 1.78 bits per heavy atom. The van der Waals surface area contributed by atoms with Crippen LogP contribution in [0.2, 0.25) is 5.02 Å². The van der Waals surface area contributed by atoms with Gasteiger partial charge in [0.15, 0.2) is 0 Å². The van der Waals surface area contributed by atoms with Gasteiger partial charge in [-0.25, -0.2) is 8.42 Å². The predicted molar refractivity (Wildman–Crippen MR) is 87.3 cm³/mol. The average molecular weight is 354 g/mol. The molecule has 0 aliphatic carbocycles. The lowest BCUT2D eigenvalue weighted by Crippen LogP contribution is -2.44. The van der Waals surface area contributed by atoms with E-state index < -0.39 is 22.0 Å². The van der Waals surface area contributed by atoms with E-state index in [2.05, 4.69) is 15.0 Å². The first-order valence-corrected chi connectivity index (χ1v) is 8.69. The minimum Gasteiger partial charge on any atom is -0.351 e. The fourth-order valence-electron chi connectivity index (χ4n) is 1.81. The Morgan fingerprint density at radius 3 is 2.39 bits per heavy atom. The number of aromatic nitrogens is 1. The zero-order valence-electron chi connectivity index (χ0n) is 12.4. The summed E-state index contributed by atoms with van der Waals surface area (Å²) in [5, 5.41) is 3.10. The minimum absolute atomic E-state index is 0.0516. The average Bonchev–Trinajstić information content (AvgIpc) is 2.53. The Labute approximate surface area is 139 Å². The molecule has 1 amide bonds. The number of hydrogen-bond donors (Lipinski definition) is 2. The highest BCUT2D eigenvalue weighted by Crippen LogP contribution is 2.14. The summed E-state index contributed by atoms with van der Waals surface area (Å²) >= 11 is 5.73. The van der Waals surface area contributed by atoms with Gasteiger partial charge in [0.05, 0.1) is 10.9 Å². The van der Waals surface area contributed by atoms with E-state index in [0.717, 1.165) is 5.56 Å². The van der Waals surface area contributed by atoms with Crippen molar-refractivity contribution in [1.29, 1.82) is 0 Å². The highest BCUT2D eigenvalue weighted by Gasteiger charge is 2.21. The van der Waals surface area contributed by atoms with Crippen molar-refractivity contribution in [2.24, 2.45) is 0 Å². The second-order valence-corrected chi connectivity index (χ2v) is 7.02. The van der Waals surface area contributed by atoms with Crippen LogP contribution < -0.4 is 10.0 Å². The van der Waals surface area contributed by atoms with Gasteiger partial charge in [0.2, 0.25) is 15.9 Å². The number of carbonyl (C=O) groups is 1. The second kappa shape index (κ2) is 7.54. The van der Waals surface area contributed by atoms with Crippen molar-refractivity contribution >= 4 is 27.5 Å². The van der Waals surface area contributed by atoms with E-state index in [0.29, 0.717) is 11.6 Å². The van der Waals surface area contributed by atoms with Gasteiger partial charge in [0.25, 0.3) is 0 Å². The second-order valence-electron chi connectivity index (χ2n) is 4.87. The maximum absolute atomic E-state index is 12.2. The van der Waals surface area contributed by atoms with Crippen LogP contribution in [0.5, 0.6) is 0 Å². The lowest BCUT2D eigenvalue weighted by molar-refractivity contribution is -0.122. The molecule has 6 nitrogen and oxygen atoms in total. The Balaban J connectivity index is 1.96. The zero-order chi connectivity index (χ0) is 16.9. The third-order valence-corrected chi connectivity index (χ3v) is 4.87. The standard InChI is InChI=1S/C15H16ClN3O3S/c1-11(15(20)18-10-12-6-8-17-9-7-12)19-23(21,22)14-4-2-13(16)3-5-14/h2-9,11,19H,10H2,1H3,(H,18,20)/t11-/m1/s1. The third kappa shape index (κ3) is 5.02. The maximum Gasteiger partial charge on any atom is 0.241 e. The van der Waals surface area contributed by atoms with Crippen LogP contribution in [-0.2, 0) is 21.4 Å². The molecular weight excluding hydrogens is 338 g/mol. The van der Waals surface area contributed by atoms with E-state index >= 15 is 0 Å². The van der Waals surface area contributed by atoms with E-state index in [1.54, 1.807) is 24.5 Å². The summed E-state index contributed by atoms with van der Waals surface area (Å²) in [7, 11) is -3.78. The van der Waals surface area contributed by atoms with Gasteiger partial charge in [-0.05, 0) is 48.9 Å². The van der Waals surface area contributed by atoms with E-state index in [-0.39, 0.29) is 4.90 Å². The minimum atomic E-state index is -3.78. The normalized spacial score (nSPS) is 12.6. The van der Waals surface area contributed by atoms with Crippen molar-refractivity contribution in [3.8, 4) is 0 Å². The molecule has 1 aromatic heterocycles. The Bertz CT molecular complexity index is 764. The summed E-state index contributed by atoms with van der Waals surface area (Å²) in [6.45, 7) is 1.78. The summed E-state index contributed by atoms with van der Waals surface area (Å²) in [6, 6.07) is 8.34. The van der Waals surface area contributed by atoms with Crippen molar-refractivity contribution in [3.63, 3.8) is 0 Å². The number of nitrogens with zero attached hydrogens (tertiary/aromatic N) is 1. The molecule has 0 spiro atoms. The molecule has 1 atom stereocenters. The van der Waals surface area contributed by atoms with Gasteiger partial charge >= 0.3 is 0 Å². The van der Waals surface area contributed by atoms with Crippen molar-refractivity contribution in [2.75, 3.05) is 0 Å². The molecule has 1 aromatic carbocycles. The van der Waals surface area contributed by atoms with Gasteiger partial charge in [-0.3, -0.25) is 9.78 Å². The molecule has 23 heavy (non-hydrogen) atoms. The largest absolute Gasteiger partial charge is 0.351 e. The maximum atomic E-state index is 12.2. The lowest BCUT2D eigenvalue weighted by Gasteiger charge is -2.14. The van der Waals surface area contributed by atoms with Crippen LogP contribution in [0.3, 0.4) is 0 Å². The molecule has 0 saturated heterocycles. The number of benzene rings is 1. The van der Waals surface area contributed by atoms with Crippen molar-refractivity contribution in [1.82, 2.24) is 15.0 Å². The zero-order valence-corrected chi connectivity index (χ0v) is 13.9. The van der Waals surface area contributed by atoms with E-state index in [1.807, 2.05) is 0 Å². The summed E-state index contributed by atoms with van der Waals surface area (Å²) in [5.74, 6) is -0.417. The van der Waals surface area contributed by atoms with Crippen LogP contribution >= 0.6 is 11.6 Å². The molecule has 2 aromatic rings. The molecule has 0 unspecified atom stereocenters. The topological polar surface area (TPSA) is 88.2 Å². The van der Waals surface area contributed by atoms with Crippen molar-refractivity contribution < 1.29 is 13.2 Å². The number of sulfonamides is 1. The first-order chi connectivity index (χ1) is 10.9. The quantitative estimate of drug-likeness (QED) is 0.827. The fraction of sp³-hybridized carbons (Fsp3) is 0.200. The molecule has 0 fully saturated rings. The lowest BCUT2D eigenvalue weighted by atomic mass is 10.2. The molecule has 0 radical (unpaired) electrons. The Morgan fingerprint density at radius 1 is 1.17 bits per heavy atom. The molecule has 0 aliphatic heterocycles. The first-order valence-electron chi connectivity index (χ1n) is 6.83. The highest BCUT2D eigenvalue weighted by atomic mass is 35.5. The summed E-state index contributed by atoms with van der Waals surface area (Å²) in [6.07, 6.45) is 3.24. The number of amides is 1. The monoisotopic (exact) mass is 353 g/mol. The van der Waals surface area contributed by atoms with Crippen LogP contribution in [0, 0.1) is 0 Å². The van der Waals surface area contributed by atoms with Gasteiger partial charge < -0.3 is 5.32 Å².